The van der Waals surface area contributed by atoms with Crippen LogP contribution in [0.4, 0.5) is 0 Å². The molecule has 1 aromatic rings. The van der Waals surface area contributed by atoms with Crippen molar-refractivity contribution < 1.29 is 14.3 Å². The third-order valence-corrected chi connectivity index (χ3v) is 6.24. The molecule has 1 aliphatic carbocycles. The van der Waals surface area contributed by atoms with Gasteiger partial charge in [0.1, 0.15) is 12.4 Å². The molecule has 1 saturated heterocycles. The summed E-state index contributed by atoms with van der Waals surface area (Å²) >= 11 is 0. The number of benzene rings is 1. The van der Waals surface area contributed by atoms with Crippen LogP contribution in [-0.2, 0) is 16.1 Å². The van der Waals surface area contributed by atoms with E-state index in [-0.39, 0.29) is 11.4 Å². The first kappa shape index (κ1) is 22.8. The predicted molar refractivity (Wildman–Crippen MR) is 120 cm³/mol. The quantitative estimate of drug-likeness (QED) is 0.596. The minimum Gasteiger partial charge on any atom is -0.490 e. The molecule has 0 aromatic heterocycles. The van der Waals surface area contributed by atoms with E-state index in [1.165, 1.54) is 32.1 Å². The lowest BCUT2D eigenvalue weighted by Gasteiger charge is -2.48. The van der Waals surface area contributed by atoms with Crippen LogP contribution >= 0.6 is 0 Å². The number of carbonyl (C=O) groups excluding carboxylic acids is 1. The normalized spacial score (nSPS) is 19.4. The third kappa shape index (κ3) is 6.56. The highest BCUT2D eigenvalue weighted by atomic mass is 16.5. The van der Waals surface area contributed by atoms with Gasteiger partial charge in [-0.1, -0.05) is 44.1 Å². The zero-order valence-electron chi connectivity index (χ0n) is 18.4. The molecular formula is C24H37N3O3. The Morgan fingerprint density at radius 2 is 1.93 bits per heavy atom. The summed E-state index contributed by atoms with van der Waals surface area (Å²) in [6.45, 7) is 9.58. The van der Waals surface area contributed by atoms with Crippen molar-refractivity contribution in [1.29, 1.82) is 0 Å². The van der Waals surface area contributed by atoms with E-state index in [4.69, 9.17) is 9.47 Å². The van der Waals surface area contributed by atoms with E-state index in [2.05, 4.69) is 21.7 Å². The molecule has 0 atom stereocenters. The van der Waals surface area contributed by atoms with Crippen LogP contribution in [0.5, 0.6) is 5.75 Å². The molecule has 1 aliphatic heterocycles. The Kier molecular flexibility index (Phi) is 8.73. The van der Waals surface area contributed by atoms with Crippen molar-refractivity contribution in [2.45, 2.75) is 44.2 Å². The highest BCUT2D eigenvalue weighted by Crippen LogP contribution is 2.33. The molecule has 166 valence electrons. The third-order valence-electron chi connectivity index (χ3n) is 6.24. The lowest BCUT2D eigenvalue weighted by Crippen LogP contribution is -2.60. The Morgan fingerprint density at radius 1 is 1.23 bits per heavy atom. The molecular weight excluding hydrogens is 378 g/mol. The van der Waals surface area contributed by atoms with Gasteiger partial charge in [0.2, 0.25) is 5.91 Å². The number of ether oxygens (including phenoxy) is 2. The van der Waals surface area contributed by atoms with Crippen molar-refractivity contribution in [2.24, 2.45) is 0 Å². The van der Waals surface area contributed by atoms with Crippen LogP contribution in [0, 0.1) is 0 Å². The van der Waals surface area contributed by atoms with Crippen molar-refractivity contribution in [3.8, 4) is 5.75 Å². The van der Waals surface area contributed by atoms with Crippen LogP contribution in [0.25, 0.3) is 0 Å². The lowest BCUT2D eigenvalue weighted by molar-refractivity contribution is -0.123. The SMILES string of the molecule is C=CCOc1ccc(CN(C)CC(=O)NCC2(N3CCOCC3)CCCCC2)cc1. The van der Waals surface area contributed by atoms with Gasteiger partial charge < -0.3 is 14.8 Å². The lowest BCUT2D eigenvalue weighted by atomic mass is 9.79. The van der Waals surface area contributed by atoms with E-state index in [1.54, 1.807) is 6.08 Å². The summed E-state index contributed by atoms with van der Waals surface area (Å²) in [5.74, 6) is 0.932. The second kappa shape index (κ2) is 11.5. The largest absolute Gasteiger partial charge is 0.490 e. The minimum atomic E-state index is 0.0987. The molecule has 1 N–H and O–H groups in total. The molecule has 2 aliphatic rings. The summed E-state index contributed by atoms with van der Waals surface area (Å²) in [5.41, 5.74) is 1.27. The van der Waals surface area contributed by atoms with Crippen molar-refractivity contribution in [2.75, 3.05) is 53.0 Å². The van der Waals surface area contributed by atoms with Crippen molar-refractivity contribution in [1.82, 2.24) is 15.1 Å². The standard InChI is InChI=1S/C24H37N3O3/c1-3-15-30-22-9-7-21(8-10-22)18-26(2)19-23(28)25-20-24(11-5-4-6-12-24)27-13-16-29-17-14-27/h3,7-10H,1,4-6,11-20H2,2H3,(H,25,28). The predicted octanol–water partition coefficient (Wildman–Crippen LogP) is 2.83. The molecule has 1 aromatic carbocycles. The molecule has 0 radical (unpaired) electrons. The highest BCUT2D eigenvalue weighted by Gasteiger charge is 2.38. The van der Waals surface area contributed by atoms with E-state index in [0.29, 0.717) is 13.2 Å². The molecule has 0 unspecified atom stereocenters. The topological polar surface area (TPSA) is 54.0 Å². The average Bonchev–Trinajstić information content (AvgIpc) is 2.78. The molecule has 1 heterocycles. The smallest absolute Gasteiger partial charge is 0.234 e. The fraction of sp³-hybridized carbons (Fsp3) is 0.625. The summed E-state index contributed by atoms with van der Waals surface area (Å²) < 4.78 is 11.1. The molecule has 3 rings (SSSR count). The Morgan fingerprint density at radius 3 is 2.60 bits per heavy atom. The van der Waals surface area contributed by atoms with E-state index >= 15 is 0 Å². The van der Waals surface area contributed by atoms with E-state index in [9.17, 15) is 4.79 Å². The fourth-order valence-electron chi connectivity index (χ4n) is 4.63. The average molecular weight is 416 g/mol. The van der Waals surface area contributed by atoms with Gasteiger partial charge in [-0.2, -0.15) is 0 Å². The number of hydrogen-bond acceptors (Lipinski definition) is 5. The number of rotatable bonds is 10. The van der Waals surface area contributed by atoms with Gasteiger partial charge in [-0.25, -0.2) is 0 Å². The van der Waals surface area contributed by atoms with Crippen LogP contribution in [0.3, 0.4) is 0 Å². The second-order valence-corrected chi connectivity index (χ2v) is 8.58. The fourth-order valence-corrected chi connectivity index (χ4v) is 4.63. The summed E-state index contributed by atoms with van der Waals surface area (Å²) in [7, 11) is 1.99. The molecule has 1 saturated carbocycles. The summed E-state index contributed by atoms with van der Waals surface area (Å²) in [5, 5.41) is 3.25. The Hall–Kier alpha value is -1.89. The number of carbonyl (C=O) groups is 1. The van der Waals surface area contributed by atoms with Crippen molar-refractivity contribution in [3.63, 3.8) is 0 Å². The van der Waals surface area contributed by atoms with Crippen LogP contribution in [-0.4, -0.2) is 74.3 Å². The van der Waals surface area contributed by atoms with E-state index in [0.717, 1.165) is 50.7 Å². The first-order valence-corrected chi connectivity index (χ1v) is 11.2. The number of amides is 1. The van der Waals surface area contributed by atoms with Gasteiger partial charge in [-0.05, 0) is 37.6 Å². The number of nitrogens with zero attached hydrogens (tertiary/aromatic N) is 2. The highest BCUT2D eigenvalue weighted by molar-refractivity contribution is 5.78. The molecule has 6 nitrogen and oxygen atoms in total. The number of nitrogens with one attached hydrogen (secondary N) is 1. The zero-order valence-corrected chi connectivity index (χ0v) is 18.4. The molecule has 1 amide bonds. The minimum absolute atomic E-state index is 0.0987. The van der Waals surface area contributed by atoms with E-state index < -0.39 is 0 Å². The second-order valence-electron chi connectivity index (χ2n) is 8.58. The molecule has 0 spiro atoms. The molecule has 2 fully saturated rings. The first-order valence-electron chi connectivity index (χ1n) is 11.2. The van der Waals surface area contributed by atoms with Crippen molar-refractivity contribution in [3.05, 3.63) is 42.5 Å². The maximum absolute atomic E-state index is 12.7. The van der Waals surface area contributed by atoms with Crippen LogP contribution in [0.2, 0.25) is 0 Å². The number of morpholine rings is 1. The Bertz CT molecular complexity index is 665. The number of hydrogen-bond donors (Lipinski definition) is 1. The van der Waals surface area contributed by atoms with Gasteiger partial charge in [0, 0.05) is 31.7 Å². The van der Waals surface area contributed by atoms with Crippen LogP contribution in [0.1, 0.15) is 37.7 Å². The van der Waals surface area contributed by atoms with Gasteiger partial charge >= 0.3 is 0 Å². The van der Waals surface area contributed by atoms with Gasteiger partial charge in [-0.15, -0.1) is 0 Å². The van der Waals surface area contributed by atoms with Crippen LogP contribution in [0.15, 0.2) is 36.9 Å². The van der Waals surface area contributed by atoms with Gasteiger partial charge in [0.05, 0.1) is 19.8 Å². The Labute approximate surface area is 181 Å². The zero-order chi connectivity index (χ0) is 21.2. The summed E-state index contributed by atoms with van der Waals surface area (Å²) in [4.78, 5) is 17.3. The summed E-state index contributed by atoms with van der Waals surface area (Å²) in [6.07, 6.45) is 7.88. The van der Waals surface area contributed by atoms with Crippen molar-refractivity contribution >= 4 is 5.91 Å². The maximum atomic E-state index is 12.7. The molecule has 6 heteroatoms. The first-order chi connectivity index (χ1) is 14.6. The van der Waals surface area contributed by atoms with Gasteiger partial charge in [-0.3, -0.25) is 14.6 Å². The number of likely N-dealkylation sites (N-methyl/N-ethyl adjacent to an activating group) is 1. The molecule has 0 bridgehead atoms. The maximum Gasteiger partial charge on any atom is 0.234 e. The monoisotopic (exact) mass is 415 g/mol. The van der Waals surface area contributed by atoms with Crippen LogP contribution < -0.4 is 10.1 Å². The molecule has 30 heavy (non-hydrogen) atoms. The van der Waals surface area contributed by atoms with E-state index in [1.807, 2.05) is 31.3 Å². The Balaban J connectivity index is 1.47. The summed E-state index contributed by atoms with van der Waals surface area (Å²) in [6, 6.07) is 8.01. The van der Waals surface area contributed by atoms with Gasteiger partial charge in [0.25, 0.3) is 0 Å². The van der Waals surface area contributed by atoms with Gasteiger partial charge in [0.15, 0.2) is 0 Å².